The molecule has 6 nitrogen and oxygen atoms in total. The lowest BCUT2D eigenvalue weighted by Crippen LogP contribution is -2.27. The SMILES string of the molecule is COc1ccc(Br)cc1C1CC(c2ccc(O)cc2)=NN1C(=O)c1cccnc1. The summed E-state index contributed by atoms with van der Waals surface area (Å²) in [6.45, 7) is 0. The van der Waals surface area contributed by atoms with E-state index in [1.54, 1.807) is 49.7 Å². The molecule has 146 valence electrons. The molecule has 1 N–H and O–H groups in total. The zero-order valence-electron chi connectivity index (χ0n) is 15.6. The van der Waals surface area contributed by atoms with Gasteiger partial charge in [0.2, 0.25) is 0 Å². The molecule has 1 atom stereocenters. The molecule has 4 rings (SSSR count). The molecule has 0 saturated carbocycles. The zero-order chi connectivity index (χ0) is 20.4. The average molecular weight is 452 g/mol. The van der Waals surface area contributed by atoms with Crippen LogP contribution in [0.2, 0.25) is 0 Å². The van der Waals surface area contributed by atoms with Crippen molar-refractivity contribution in [3.05, 3.63) is 88.2 Å². The summed E-state index contributed by atoms with van der Waals surface area (Å²) < 4.78 is 6.44. The Bertz CT molecular complexity index is 1070. The Morgan fingerprint density at radius 3 is 2.69 bits per heavy atom. The molecule has 0 spiro atoms. The number of nitrogens with zero attached hydrogens (tertiary/aromatic N) is 3. The molecular formula is C22H18BrN3O3. The van der Waals surface area contributed by atoms with E-state index in [1.807, 2.05) is 18.2 Å². The largest absolute Gasteiger partial charge is 0.508 e. The zero-order valence-corrected chi connectivity index (χ0v) is 17.2. The summed E-state index contributed by atoms with van der Waals surface area (Å²) in [6.07, 6.45) is 3.68. The molecule has 0 saturated heterocycles. The van der Waals surface area contributed by atoms with Crippen molar-refractivity contribution >= 4 is 27.5 Å². The molecule has 1 aliphatic heterocycles. The minimum Gasteiger partial charge on any atom is -0.508 e. The highest BCUT2D eigenvalue weighted by molar-refractivity contribution is 9.10. The lowest BCUT2D eigenvalue weighted by molar-refractivity contribution is 0.0709. The molecule has 0 bridgehead atoms. The van der Waals surface area contributed by atoms with E-state index in [2.05, 4.69) is 26.0 Å². The van der Waals surface area contributed by atoms with Crippen LogP contribution >= 0.6 is 15.9 Å². The minimum absolute atomic E-state index is 0.181. The fourth-order valence-corrected chi connectivity index (χ4v) is 3.73. The van der Waals surface area contributed by atoms with Crippen molar-refractivity contribution in [3.63, 3.8) is 0 Å². The van der Waals surface area contributed by atoms with Crippen molar-refractivity contribution in [2.75, 3.05) is 7.11 Å². The van der Waals surface area contributed by atoms with Gasteiger partial charge in [-0.1, -0.05) is 15.9 Å². The second kappa shape index (κ2) is 8.05. The van der Waals surface area contributed by atoms with E-state index in [9.17, 15) is 9.90 Å². The van der Waals surface area contributed by atoms with Crippen molar-refractivity contribution in [2.45, 2.75) is 12.5 Å². The molecule has 2 heterocycles. The number of phenols is 1. The first kappa shape index (κ1) is 19.1. The number of phenolic OH excluding ortho intramolecular Hbond substituents is 1. The quantitative estimate of drug-likeness (QED) is 0.631. The Morgan fingerprint density at radius 1 is 1.21 bits per heavy atom. The van der Waals surface area contributed by atoms with Crippen molar-refractivity contribution in [3.8, 4) is 11.5 Å². The Morgan fingerprint density at radius 2 is 2.00 bits per heavy atom. The van der Waals surface area contributed by atoms with Gasteiger partial charge < -0.3 is 9.84 Å². The van der Waals surface area contributed by atoms with E-state index < -0.39 is 0 Å². The smallest absolute Gasteiger partial charge is 0.276 e. The number of carbonyl (C=O) groups is 1. The molecule has 0 radical (unpaired) electrons. The number of amides is 1. The maximum Gasteiger partial charge on any atom is 0.276 e. The highest BCUT2D eigenvalue weighted by Crippen LogP contribution is 2.39. The second-order valence-corrected chi connectivity index (χ2v) is 7.51. The number of rotatable bonds is 4. The van der Waals surface area contributed by atoms with Crippen LogP contribution in [0, 0.1) is 0 Å². The molecule has 1 aliphatic rings. The van der Waals surface area contributed by atoms with Crippen LogP contribution in [0.25, 0.3) is 0 Å². The van der Waals surface area contributed by atoms with E-state index in [0.29, 0.717) is 17.7 Å². The summed E-state index contributed by atoms with van der Waals surface area (Å²) in [7, 11) is 1.61. The van der Waals surface area contributed by atoms with Crippen LogP contribution in [0.5, 0.6) is 11.5 Å². The number of hydrogen-bond acceptors (Lipinski definition) is 5. The standard InChI is InChI=1S/C22H18BrN3O3/c1-29-21-9-6-16(23)11-18(21)20-12-19(14-4-7-17(27)8-5-14)25-26(20)22(28)15-3-2-10-24-13-15/h2-11,13,20,27H,12H2,1H3. The third-order valence-corrected chi connectivity index (χ3v) is 5.27. The van der Waals surface area contributed by atoms with Crippen LogP contribution in [-0.4, -0.2) is 33.8 Å². The van der Waals surface area contributed by atoms with Crippen molar-refractivity contribution in [1.29, 1.82) is 0 Å². The van der Waals surface area contributed by atoms with Gasteiger partial charge in [-0.05, 0) is 60.2 Å². The van der Waals surface area contributed by atoms with Crippen molar-refractivity contribution < 1.29 is 14.6 Å². The summed E-state index contributed by atoms with van der Waals surface area (Å²) in [6, 6.07) is 15.6. The van der Waals surface area contributed by atoms with Gasteiger partial charge >= 0.3 is 0 Å². The van der Waals surface area contributed by atoms with Gasteiger partial charge in [-0.25, -0.2) is 5.01 Å². The second-order valence-electron chi connectivity index (χ2n) is 6.59. The number of hydrogen-bond donors (Lipinski definition) is 1. The number of carbonyl (C=O) groups excluding carboxylic acids is 1. The van der Waals surface area contributed by atoms with Gasteiger partial charge in [0, 0.05) is 28.9 Å². The van der Waals surface area contributed by atoms with Crippen LogP contribution in [0.3, 0.4) is 0 Å². The molecule has 7 heteroatoms. The highest BCUT2D eigenvalue weighted by Gasteiger charge is 2.35. The number of aromatic nitrogens is 1. The van der Waals surface area contributed by atoms with Gasteiger partial charge in [0.05, 0.1) is 24.4 Å². The molecule has 1 amide bonds. The van der Waals surface area contributed by atoms with Crippen LogP contribution in [0.4, 0.5) is 0 Å². The number of pyridine rings is 1. The van der Waals surface area contributed by atoms with Gasteiger partial charge in [0.25, 0.3) is 5.91 Å². The van der Waals surface area contributed by atoms with Crippen LogP contribution < -0.4 is 4.74 Å². The summed E-state index contributed by atoms with van der Waals surface area (Å²) in [5, 5.41) is 15.7. The fraction of sp³-hybridized carbons (Fsp3) is 0.136. The number of methoxy groups -OCH3 is 1. The molecule has 1 unspecified atom stereocenters. The summed E-state index contributed by atoms with van der Waals surface area (Å²) in [5.74, 6) is 0.629. The Hall–Kier alpha value is -3.19. The number of ether oxygens (including phenoxy) is 1. The van der Waals surface area contributed by atoms with Crippen LogP contribution in [-0.2, 0) is 0 Å². The van der Waals surface area contributed by atoms with Crippen molar-refractivity contribution in [2.24, 2.45) is 5.10 Å². The lowest BCUT2D eigenvalue weighted by Gasteiger charge is -2.23. The van der Waals surface area contributed by atoms with Gasteiger partial charge in [0.15, 0.2) is 0 Å². The molecular weight excluding hydrogens is 434 g/mol. The third-order valence-electron chi connectivity index (χ3n) is 4.78. The first-order valence-corrected chi connectivity index (χ1v) is 9.80. The predicted molar refractivity (Wildman–Crippen MR) is 113 cm³/mol. The van der Waals surface area contributed by atoms with E-state index in [4.69, 9.17) is 4.74 Å². The van der Waals surface area contributed by atoms with E-state index in [1.165, 1.54) is 11.2 Å². The molecule has 3 aromatic rings. The number of benzene rings is 2. The molecule has 29 heavy (non-hydrogen) atoms. The molecule has 2 aromatic carbocycles. The van der Waals surface area contributed by atoms with Crippen molar-refractivity contribution in [1.82, 2.24) is 9.99 Å². The van der Waals surface area contributed by atoms with Gasteiger partial charge in [-0.2, -0.15) is 5.10 Å². The van der Waals surface area contributed by atoms with E-state index >= 15 is 0 Å². The number of hydrazone groups is 1. The average Bonchev–Trinajstić information content (AvgIpc) is 3.19. The monoisotopic (exact) mass is 451 g/mol. The van der Waals surface area contributed by atoms with Gasteiger partial charge in [0.1, 0.15) is 11.5 Å². The first-order valence-electron chi connectivity index (χ1n) is 9.00. The van der Waals surface area contributed by atoms with E-state index in [-0.39, 0.29) is 17.7 Å². The topological polar surface area (TPSA) is 75.0 Å². The van der Waals surface area contributed by atoms with Crippen LogP contribution in [0.15, 0.2) is 76.6 Å². The minimum atomic E-state index is -0.334. The van der Waals surface area contributed by atoms with Crippen LogP contribution in [0.1, 0.15) is 33.9 Å². The summed E-state index contributed by atoms with van der Waals surface area (Å²) in [5.41, 5.74) is 2.93. The maximum atomic E-state index is 13.2. The predicted octanol–water partition coefficient (Wildman–Crippen LogP) is 4.55. The summed E-state index contributed by atoms with van der Waals surface area (Å²) >= 11 is 3.51. The summed E-state index contributed by atoms with van der Waals surface area (Å²) in [4.78, 5) is 17.3. The lowest BCUT2D eigenvalue weighted by atomic mass is 9.97. The molecule has 0 fully saturated rings. The maximum absolute atomic E-state index is 13.2. The first-order chi connectivity index (χ1) is 14.1. The normalized spacial score (nSPS) is 15.9. The highest BCUT2D eigenvalue weighted by atomic mass is 79.9. The third kappa shape index (κ3) is 3.86. The molecule has 1 aromatic heterocycles. The van der Waals surface area contributed by atoms with Gasteiger partial charge in [-0.3, -0.25) is 9.78 Å². The Balaban J connectivity index is 1.78. The Kier molecular flexibility index (Phi) is 5.31. The van der Waals surface area contributed by atoms with Gasteiger partial charge in [-0.15, -0.1) is 0 Å². The Labute approximate surface area is 176 Å². The number of halogens is 1. The fourth-order valence-electron chi connectivity index (χ4n) is 3.36. The van der Waals surface area contributed by atoms with E-state index in [0.717, 1.165) is 21.3 Å². The molecule has 0 aliphatic carbocycles. The number of aromatic hydroxyl groups is 1.